The number of nitrogens with zero attached hydrogens (tertiary/aromatic N) is 1. The number of hydrogen-bond acceptors (Lipinski definition) is 6. The molecule has 7 heteroatoms. The predicted molar refractivity (Wildman–Crippen MR) is 101 cm³/mol. The number of phenols is 1. The second kappa shape index (κ2) is 7.42. The molecular formula is C19H17N3O3S. The lowest BCUT2D eigenvalue weighted by atomic mass is 10.2. The Balaban J connectivity index is 1.93. The normalized spacial score (nSPS) is 16.7. The Morgan fingerprint density at radius 1 is 1.31 bits per heavy atom. The van der Waals surface area contributed by atoms with Crippen molar-refractivity contribution in [2.45, 2.75) is 12.3 Å². The van der Waals surface area contributed by atoms with Gasteiger partial charge < -0.3 is 20.5 Å². The number of phenolic OH excluding ortho intramolecular Hbond substituents is 1. The number of rotatable bonds is 4. The van der Waals surface area contributed by atoms with Crippen molar-refractivity contribution in [3.05, 3.63) is 64.2 Å². The average molecular weight is 367 g/mol. The van der Waals surface area contributed by atoms with Gasteiger partial charge in [0.05, 0.1) is 12.1 Å². The van der Waals surface area contributed by atoms with Crippen molar-refractivity contribution < 1.29 is 14.6 Å². The number of nitriles is 1. The first-order chi connectivity index (χ1) is 12.5. The van der Waals surface area contributed by atoms with E-state index in [-0.39, 0.29) is 11.3 Å². The summed E-state index contributed by atoms with van der Waals surface area (Å²) in [4.78, 5) is 12.4. The topological polar surface area (TPSA) is 94.4 Å². The molecule has 3 rings (SSSR count). The maximum Gasteiger partial charge on any atom is 0.265 e. The molecule has 2 aromatic rings. The van der Waals surface area contributed by atoms with Crippen LogP contribution in [0.1, 0.15) is 16.5 Å². The number of aryl methyl sites for hydroxylation is 1. The second-order valence-corrected chi connectivity index (χ2v) is 6.83. The lowest BCUT2D eigenvalue weighted by Crippen LogP contribution is -2.33. The fraction of sp³-hybridized carbons (Fsp3) is 0.158. The minimum atomic E-state index is -0.446. The van der Waals surface area contributed by atoms with E-state index >= 15 is 0 Å². The first kappa shape index (κ1) is 17.7. The van der Waals surface area contributed by atoms with E-state index in [4.69, 9.17) is 4.74 Å². The summed E-state index contributed by atoms with van der Waals surface area (Å²) in [5, 5.41) is 25.2. The van der Waals surface area contributed by atoms with Crippen LogP contribution in [0.25, 0.3) is 0 Å². The van der Waals surface area contributed by atoms with Gasteiger partial charge in [0.25, 0.3) is 5.91 Å². The molecule has 1 amide bonds. The first-order valence-electron chi connectivity index (χ1n) is 7.84. The van der Waals surface area contributed by atoms with Crippen molar-refractivity contribution in [1.82, 2.24) is 5.32 Å². The third-order valence-electron chi connectivity index (χ3n) is 3.85. The average Bonchev–Trinajstić information content (AvgIpc) is 2.62. The van der Waals surface area contributed by atoms with Crippen molar-refractivity contribution in [2.75, 3.05) is 12.4 Å². The van der Waals surface area contributed by atoms with E-state index in [1.807, 2.05) is 37.3 Å². The van der Waals surface area contributed by atoms with Gasteiger partial charge in [-0.25, -0.2) is 0 Å². The molecule has 0 bridgehead atoms. The molecule has 6 nitrogen and oxygen atoms in total. The van der Waals surface area contributed by atoms with Crippen molar-refractivity contribution >= 4 is 23.4 Å². The van der Waals surface area contributed by atoms with Gasteiger partial charge in [-0.05, 0) is 42.3 Å². The van der Waals surface area contributed by atoms with E-state index < -0.39 is 11.3 Å². The lowest BCUT2D eigenvalue weighted by molar-refractivity contribution is -0.117. The van der Waals surface area contributed by atoms with Gasteiger partial charge in [-0.3, -0.25) is 4.79 Å². The first-order valence-corrected chi connectivity index (χ1v) is 8.72. The summed E-state index contributed by atoms with van der Waals surface area (Å²) in [5.41, 5.74) is 2.66. The van der Waals surface area contributed by atoms with Crippen molar-refractivity contribution in [1.29, 1.82) is 5.26 Å². The number of hydrogen-bond donors (Lipinski definition) is 3. The highest BCUT2D eigenvalue weighted by molar-refractivity contribution is 8.03. The highest BCUT2D eigenvalue weighted by Gasteiger charge is 2.29. The smallest absolute Gasteiger partial charge is 0.265 e. The molecule has 0 spiro atoms. The summed E-state index contributed by atoms with van der Waals surface area (Å²) in [5.74, 6) is -0.103. The Labute approximate surface area is 155 Å². The third-order valence-corrected chi connectivity index (χ3v) is 5.01. The monoisotopic (exact) mass is 367 g/mol. The standard InChI is InChI=1S/C19H17N3O3S/c1-11-4-3-5-13(8-11)21-19-14(10-20)17(24)22-18(26-19)12-6-7-15(23)16(9-12)25-2/h3-9,18,21,23H,1-2H3,(H,22,24)/t18-/m0/s1. The zero-order chi connectivity index (χ0) is 18.7. The van der Waals surface area contributed by atoms with E-state index in [2.05, 4.69) is 10.6 Å². The molecule has 0 saturated carbocycles. The van der Waals surface area contributed by atoms with Gasteiger partial charge >= 0.3 is 0 Å². The number of anilines is 1. The number of nitrogens with one attached hydrogen (secondary N) is 2. The van der Waals surface area contributed by atoms with Crippen LogP contribution in [0, 0.1) is 18.3 Å². The molecule has 0 saturated heterocycles. The number of amides is 1. The molecule has 0 unspecified atom stereocenters. The number of methoxy groups -OCH3 is 1. The largest absolute Gasteiger partial charge is 0.504 e. The van der Waals surface area contributed by atoms with Crippen LogP contribution in [0.15, 0.2) is 53.1 Å². The molecule has 26 heavy (non-hydrogen) atoms. The van der Waals surface area contributed by atoms with Crippen LogP contribution in [-0.4, -0.2) is 18.1 Å². The van der Waals surface area contributed by atoms with Gasteiger partial charge in [0.15, 0.2) is 11.5 Å². The predicted octanol–water partition coefficient (Wildman–Crippen LogP) is 3.42. The number of benzene rings is 2. The van der Waals surface area contributed by atoms with E-state index in [1.54, 1.807) is 12.1 Å². The summed E-state index contributed by atoms with van der Waals surface area (Å²) in [6, 6.07) is 14.5. The number of carbonyl (C=O) groups excluding carboxylic acids is 1. The van der Waals surface area contributed by atoms with E-state index in [9.17, 15) is 15.2 Å². The van der Waals surface area contributed by atoms with Gasteiger partial charge in [-0.15, -0.1) is 0 Å². The molecule has 3 N–H and O–H groups in total. The molecule has 0 radical (unpaired) electrons. The zero-order valence-electron chi connectivity index (χ0n) is 14.2. The zero-order valence-corrected chi connectivity index (χ0v) is 15.1. The molecule has 1 atom stereocenters. The van der Waals surface area contributed by atoms with Gasteiger partial charge in [-0.1, -0.05) is 30.0 Å². The summed E-state index contributed by atoms with van der Waals surface area (Å²) < 4.78 is 5.13. The van der Waals surface area contributed by atoms with Crippen molar-refractivity contribution in [3.8, 4) is 17.6 Å². The van der Waals surface area contributed by atoms with Gasteiger partial charge in [0.2, 0.25) is 0 Å². The Morgan fingerprint density at radius 2 is 2.12 bits per heavy atom. The van der Waals surface area contributed by atoms with E-state index in [0.29, 0.717) is 10.8 Å². The minimum absolute atomic E-state index is 0.0229. The molecule has 0 fully saturated rings. The fourth-order valence-corrected chi connectivity index (χ4v) is 3.67. The minimum Gasteiger partial charge on any atom is -0.504 e. The quantitative estimate of drug-likeness (QED) is 0.767. The SMILES string of the molecule is COc1cc([C@H]2NC(=O)C(C#N)=C(Nc3cccc(C)c3)S2)ccc1O. The van der Waals surface area contributed by atoms with Gasteiger partial charge in [0.1, 0.15) is 17.0 Å². The number of aromatic hydroxyl groups is 1. The summed E-state index contributed by atoms with van der Waals surface area (Å²) in [6.07, 6.45) is 0. The van der Waals surface area contributed by atoms with E-state index in [0.717, 1.165) is 16.8 Å². The highest BCUT2D eigenvalue weighted by atomic mass is 32.2. The van der Waals surface area contributed by atoms with Crippen LogP contribution in [0.2, 0.25) is 0 Å². The van der Waals surface area contributed by atoms with Crippen LogP contribution in [0.4, 0.5) is 5.69 Å². The van der Waals surface area contributed by atoms with Crippen LogP contribution in [0.5, 0.6) is 11.5 Å². The van der Waals surface area contributed by atoms with Crippen molar-refractivity contribution in [2.24, 2.45) is 0 Å². The van der Waals surface area contributed by atoms with E-state index in [1.165, 1.54) is 24.9 Å². The molecular weight excluding hydrogens is 350 g/mol. The third kappa shape index (κ3) is 3.60. The molecule has 1 aliphatic heterocycles. The van der Waals surface area contributed by atoms with Crippen LogP contribution < -0.4 is 15.4 Å². The molecule has 1 aliphatic rings. The molecule has 0 aromatic heterocycles. The molecule has 0 aliphatic carbocycles. The molecule has 132 valence electrons. The number of thioether (sulfide) groups is 1. The summed E-state index contributed by atoms with van der Waals surface area (Å²) >= 11 is 1.32. The number of carbonyl (C=O) groups is 1. The molecule has 1 heterocycles. The summed E-state index contributed by atoms with van der Waals surface area (Å²) in [7, 11) is 1.46. The van der Waals surface area contributed by atoms with Gasteiger partial charge in [0, 0.05) is 5.69 Å². The van der Waals surface area contributed by atoms with Crippen LogP contribution >= 0.6 is 11.8 Å². The van der Waals surface area contributed by atoms with Crippen LogP contribution in [0.3, 0.4) is 0 Å². The Morgan fingerprint density at radius 3 is 2.81 bits per heavy atom. The van der Waals surface area contributed by atoms with Crippen molar-refractivity contribution in [3.63, 3.8) is 0 Å². The Hall–Kier alpha value is -3.11. The Kier molecular flexibility index (Phi) is 5.05. The highest BCUT2D eigenvalue weighted by Crippen LogP contribution is 2.40. The second-order valence-electron chi connectivity index (χ2n) is 5.71. The number of ether oxygens (including phenoxy) is 1. The van der Waals surface area contributed by atoms with Crippen LogP contribution in [-0.2, 0) is 4.79 Å². The summed E-state index contributed by atoms with van der Waals surface area (Å²) in [6.45, 7) is 1.97. The fourth-order valence-electron chi connectivity index (χ4n) is 2.56. The molecule has 2 aromatic carbocycles. The lowest BCUT2D eigenvalue weighted by Gasteiger charge is -2.26. The van der Waals surface area contributed by atoms with Gasteiger partial charge in [-0.2, -0.15) is 5.26 Å². The maximum atomic E-state index is 12.4. The Bertz CT molecular complexity index is 934. The maximum absolute atomic E-state index is 12.4.